The molecule has 1 aliphatic carbocycles. The summed E-state index contributed by atoms with van der Waals surface area (Å²) < 4.78 is 0. The highest BCUT2D eigenvalue weighted by Crippen LogP contribution is 2.35. The van der Waals surface area contributed by atoms with Crippen LogP contribution < -0.4 is 10.6 Å². The van der Waals surface area contributed by atoms with E-state index in [1.165, 1.54) is 25.3 Å². The predicted molar refractivity (Wildman–Crippen MR) is 84.4 cm³/mol. The van der Waals surface area contributed by atoms with Crippen LogP contribution in [-0.2, 0) is 0 Å². The van der Waals surface area contributed by atoms with Crippen LogP contribution in [0, 0.1) is 0 Å². The van der Waals surface area contributed by atoms with Gasteiger partial charge in [0.1, 0.15) is 0 Å². The molecule has 0 bridgehead atoms. The highest BCUT2D eigenvalue weighted by atomic mass is 35.5. The highest BCUT2D eigenvalue weighted by molar-refractivity contribution is 7.80. The maximum atomic E-state index is 9.84. The third kappa shape index (κ3) is 4.13. The van der Waals surface area contributed by atoms with Crippen molar-refractivity contribution in [2.24, 2.45) is 0 Å². The van der Waals surface area contributed by atoms with Crippen molar-refractivity contribution in [2.75, 3.05) is 5.32 Å². The number of phenols is 1. The van der Waals surface area contributed by atoms with Gasteiger partial charge in [-0.15, -0.1) is 0 Å². The molecule has 1 aromatic rings. The lowest BCUT2D eigenvalue weighted by molar-refractivity contribution is 0.414. The summed E-state index contributed by atoms with van der Waals surface area (Å²) in [5.41, 5.74) is 0.422. The molecule has 2 rings (SSSR count). The Morgan fingerprint density at radius 1 is 1.21 bits per heavy atom. The molecular weight excluding hydrogens is 303 g/mol. The number of anilines is 1. The number of thiocarbonyl (C=S) groups is 1. The maximum Gasteiger partial charge on any atom is 0.171 e. The van der Waals surface area contributed by atoms with Crippen molar-refractivity contribution >= 4 is 46.2 Å². The topological polar surface area (TPSA) is 44.3 Å². The van der Waals surface area contributed by atoms with E-state index in [4.69, 9.17) is 35.4 Å². The van der Waals surface area contributed by atoms with Crippen molar-refractivity contribution in [1.82, 2.24) is 5.32 Å². The number of aromatic hydroxyl groups is 1. The Bertz CT molecular complexity index is 476. The van der Waals surface area contributed by atoms with E-state index in [9.17, 15) is 5.11 Å². The molecule has 6 heteroatoms. The molecule has 0 saturated heterocycles. The third-order valence-corrected chi connectivity index (χ3v) is 3.94. The van der Waals surface area contributed by atoms with E-state index in [1.54, 1.807) is 6.07 Å². The van der Waals surface area contributed by atoms with Gasteiger partial charge in [0.05, 0.1) is 10.7 Å². The lowest BCUT2D eigenvalue weighted by atomic mass is 9.96. The molecule has 1 saturated carbocycles. The second kappa shape index (κ2) is 6.64. The van der Waals surface area contributed by atoms with Crippen molar-refractivity contribution in [3.63, 3.8) is 0 Å². The molecule has 0 aliphatic heterocycles. The zero-order valence-corrected chi connectivity index (χ0v) is 12.7. The van der Waals surface area contributed by atoms with Crippen LogP contribution in [-0.4, -0.2) is 16.3 Å². The van der Waals surface area contributed by atoms with E-state index in [2.05, 4.69) is 10.6 Å². The quantitative estimate of drug-likeness (QED) is 0.561. The SMILES string of the molecule is Oc1c(Cl)cc(Cl)cc1NC(=S)NC1CCCCC1. The van der Waals surface area contributed by atoms with E-state index < -0.39 is 0 Å². The molecule has 0 spiro atoms. The molecule has 104 valence electrons. The second-order valence-electron chi connectivity index (χ2n) is 4.72. The van der Waals surface area contributed by atoms with Crippen molar-refractivity contribution in [3.8, 4) is 5.75 Å². The molecule has 3 N–H and O–H groups in total. The van der Waals surface area contributed by atoms with Crippen LogP contribution in [0.5, 0.6) is 5.75 Å². The maximum absolute atomic E-state index is 9.84. The average molecular weight is 319 g/mol. The molecule has 0 amide bonds. The Kier molecular flexibility index (Phi) is 5.13. The fourth-order valence-corrected chi connectivity index (χ4v) is 3.02. The minimum atomic E-state index is -0.0427. The van der Waals surface area contributed by atoms with E-state index in [-0.39, 0.29) is 10.8 Å². The monoisotopic (exact) mass is 318 g/mol. The standard InChI is InChI=1S/C13H16Cl2N2OS/c14-8-6-10(15)12(18)11(7-8)17-13(19)16-9-4-2-1-3-5-9/h6-7,9,18H,1-5H2,(H2,16,17,19). The first-order chi connectivity index (χ1) is 9.06. The largest absolute Gasteiger partial charge is 0.504 e. The van der Waals surface area contributed by atoms with Crippen LogP contribution in [0.4, 0.5) is 5.69 Å². The molecule has 0 atom stereocenters. The van der Waals surface area contributed by atoms with Gasteiger partial charge in [-0.2, -0.15) is 0 Å². The Morgan fingerprint density at radius 3 is 2.58 bits per heavy atom. The van der Waals surface area contributed by atoms with Crippen LogP contribution >= 0.6 is 35.4 Å². The highest BCUT2D eigenvalue weighted by Gasteiger charge is 2.15. The van der Waals surface area contributed by atoms with Crippen molar-refractivity contribution < 1.29 is 5.11 Å². The molecule has 0 aromatic heterocycles. The number of hydrogen-bond donors (Lipinski definition) is 3. The smallest absolute Gasteiger partial charge is 0.171 e. The number of nitrogens with one attached hydrogen (secondary N) is 2. The first-order valence-corrected chi connectivity index (χ1v) is 7.48. The Balaban J connectivity index is 1.98. The summed E-state index contributed by atoms with van der Waals surface area (Å²) in [5.74, 6) is -0.0427. The van der Waals surface area contributed by atoms with Crippen molar-refractivity contribution in [1.29, 1.82) is 0 Å². The van der Waals surface area contributed by atoms with Crippen LogP contribution in [0.2, 0.25) is 10.0 Å². The molecule has 0 heterocycles. The van der Waals surface area contributed by atoms with Crippen LogP contribution in [0.1, 0.15) is 32.1 Å². The van der Waals surface area contributed by atoms with Gasteiger partial charge in [0.15, 0.2) is 10.9 Å². The third-order valence-electron chi connectivity index (χ3n) is 3.22. The Hall–Kier alpha value is -0.710. The van der Waals surface area contributed by atoms with Gasteiger partial charge in [0, 0.05) is 11.1 Å². The second-order valence-corrected chi connectivity index (χ2v) is 5.97. The van der Waals surface area contributed by atoms with E-state index >= 15 is 0 Å². The minimum Gasteiger partial charge on any atom is -0.504 e. The predicted octanol–water partition coefficient (Wildman–Crippen LogP) is 4.32. The van der Waals surface area contributed by atoms with Gasteiger partial charge >= 0.3 is 0 Å². The van der Waals surface area contributed by atoms with Gasteiger partial charge < -0.3 is 15.7 Å². The zero-order valence-electron chi connectivity index (χ0n) is 10.4. The number of phenolic OH excluding ortho intramolecular Hbond substituents is 1. The number of halogens is 2. The summed E-state index contributed by atoms with van der Waals surface area (Å²) in [5, 5.41) is 17.2. The number of hydrogen-bond acceptors (Lipinski definition) is 2. The summed E-state index contributed by atoms with van der Waals surface area (Å²) in [7, 11) is 0. The van der Waals surface area contributed by atoms with E-state index in [1.807, 2.05) is 0 Å². The van der Waals surface area contributed by atoms with Gasteiger partial charge in [-0.25, -0.2) is 0 Å². The van der Waals surface area contributed by atoms with Crippen molar-refractivity contribution in [2.45, 2.75) is 38.1 Å². The molecule has 0 radical (unpaired) electrons. The first kappa shape index (κ1) is 14.7. The molecule has 19 heavy (non-hydrogen) atoms. The van der Waals surface area contributed by atoms with Crippen LogP contribution in [0.3, 0.4) is 0 Å². The molecule has 3 nitrogen and oxygen atoms in total. The van der Waals surface area contributed by atoms with E-state index in [0.717, 1.165) is 12.8 Å². The fraction of sp³-hybridized carbons (Fsp3) is 0.462. The Morgan fingerprint density at radius 2 is 1.89 bits per heavy atom. The van der Waals surface area contributed by atoms with Crippen LogP contribution in [0.25, 0.3) is 0 Å². The fourth-order valence-electron chi connectivity index (χ4n) is 2.25. The van der Waals surface area contributed by atoms with Gasteiger partial charge in [0.25, 0.3) is 0 Å². The van der Waals surface area contributed by atoms with Crippen LogP contribution in [0.15, 0.2) is 12.1 Å². The van der Waals surface area contributed by atoms with Crippen molar-refractivity contribution in [3.05, 3.63) is 22.2 Å². The average Bonchev–Trinajstić information content (AvgIpc) is 2.36. The summed E-state index contributed by atoms with van der Waals surface area (Å²) in [6.45, 7) is 0. The lowest BCUT2D eigenvalue weighted by Crippen LogP contribution is -2.38. The van der Waals surface area contributed by atoms with Gasteiger partial charge in [-0.3, -0.25) is 0 Å². The minimum absolute atomic E-state index is 0.0427. The number of benzene rings is 1. The normalized spacial score (nSPS) is 16.1. The summed E-state index contributed by atoms with van der Waals surface area (Å²) in [4.78, 5) is 0. The summed E-state index contributed by atoms with van der Waals surface area (Å²) in [6, 6.07) is 3.49. The lowest BCUT2D eigenvalue weighted by Gasteiger charge is -2.24. The van der Waals surface area contributed by atoms with E-state index in [0.29, 0.717) is 21.9 Å². The summed E-state index contributed by atoms with van der Waals surface area (Å²) in [6.07, 6.45) is 6.01. The molecular formula is C13H16Cl2N2OS. The summed E-state index contributed by atoms with van der Waals surface area (Å²) >= 11 is 17.0. The van der Waals surface area contributed by atoms with Gasteiger partial charge in [-0.05, 0) is 37.2 Å². The Labute approximate surface area is 128 Å². The molecule has 1 aromatic carbocycles. The molecule has 1 aliphatic rings. The number of rotatable bonds is 2. The molecule has 0 unspecified atom stereocenters. The van der Waals surface area contributed by atoms with Gasteiger partial charge in [0.2, 0.25) is 0 Å². The molecule has 1 fully saturated rings. The van der Waals surface area contributed by atoms with Gasteiger partial charge in [-0.1, -0.05) is 42.5 Å². The first-order valence-electron chi connectivity index (χ1n) is 6.32. The zero-order chi connectivity index (χ0) is 13.8.